The van der Waals surface area contributed by atoms with Gasteiger partial charge < -0.3 is 19.9 Å². The number of urea groups is 1. The van der Waals surface area contributed by atoms with Crippen molar-refractivity contribution in [2.75, 3.05) is 13.6 Å². The van der Waals surface area contributed by atoms with Crippen LogP contribution in [0.15, 0.2) is 43.0 Å². The van der Waals surface area contributed by atoms with E-state index in [1.54, 1.807) is 19.6 Å². The lowest BCUT2D eigenvalue weighted by Gasteiger charge is -2.21. The number of carbonyl (C=O) groups excluding carboxylic acids is 1. The topological polar surface area (TPSA) is 87.5 Å². The van der Waals surface area contributed by atoms with Crippen molar-refractivity contribution in [3.8, 4) is 5.69 Å². The van der Waals surface area contributed by atoms with Crippen LogP contribution in [0.2, 0.25) is 0 Å². The fourth-order valence-electron chi connectivity index (χ4n) is 2.11. The first-order chi connectivity index (χ1) is 11.0. The molecule has 1 aromatic heterocycles. The molecule has 1 unspecified atom stereocenters. The molecule has 1 aromatic carbocycles. The highest BCUT2D eigenvalue weighted by Gasteiger charge is 2.14. The second-order valence-electron chi connectivity index (χ2n) is 5.30. The van der Waals surface area contributed by atoms with E-state index in [-0.39, 0.29) is 25.0 Å². The Bertz CT molecular complexity index is 670. The first-order valence-corrected chi connectivity index (χ1v) is 7.29. The lowest BCUT2D eigenvalue weighted by molar-refractivity contribution is -0.137. The van der Waals surface area contributed by atoms with E-state index in [1.165, 1.54) is 4.90 Å². The molecule has 23 heavy (non-hydrogen) atoms. The molecule has 0 saturated carbocycles. The van der Waals surface area contributed by atoms with Gasteiger partial charge >= 0.3 is 12.0 Å². The molecule has 2 rings (SSSR count). The molecule has 122 valence electrons. The maximum absolute atomic E-state index is 12.1. The smallest absolute Gasteiger partial charge is 0.317 e. The van der Waals surface area contributed by atoms with Crippen LogP contribution in [0.1, 0.15) is 24.9 Å². The molecule has 0 aliphatic carbocycles. The maximum atomic E-state index is 12.1. The summed E-state index contributed by atoms with van der Waals surface area (Å²) in [5.74, 6) is -0.925. The Morgan fingerprint density at radius 3 is 2.87 bits per heavy atom. The number of carboxylic acid groups (broad SMARTS) is 1. The van der Waals surface area contributed by atoms with Crippen molar-refractivity contribution in [3.63, 3.8) is 0 Å². The Hall–Kier alpha value is -2.83. The number of carboxylic acids is 1. The Morgan fingerprint density at radius 1 is 1.43 bits per heavy atom. The van der Waals surface area contributed by atoms with Crippen molar-refractivity contribution >= 4 is 12.0 Å². The molecule has 7 nitrogen and oxygen atoms in total. The van der Waals surface area contributed by atoms with E-state index < -0.39 is 5.97 Å². The summed E-state index contributed by atoms with van der Waals surface area (Å²) in [4.78, 5) is 28.0. The zero-order chi connectivity index (χ0) is 16.8. The van der Waals surface area contributed by atoms with Crippen molar-refractivity contribution in [3.05, 3.63) is 48.5 Å². The minimum absolute atomic E-state index is 0.0750. The van der Waals surface area contributed by atoms with E-state index >= 15 is 0 Å². The van der Waals surface area contributed by atoms with E-state index in [0.717, 1.165) is 11.3 Å². The molecule has 0 aliphatic rings. The fraction of sp³-hybridized carbons (Fsp3) is 0.312. The molecular weight excluding hydrogens is 296 g/mol. The minimum atomic E-state index is -0.925. The van der Waals surface area contributed by atoms with Crippen LogP contribution >= 0.6 is 0 Å². The van der Waals surface area contributed by atoms with Gasteiger partial charge in [-0.2, -0.15) is 0 Å². The van der Waals surface area contributed by atoms with Gasteiger partial charge in [-0.1, -0.05) is 12.1 Å². The minimum Gasteiger partial charge on any atom is -0.481 e. The van der Waals surface area contributed by atoms with E-state index in [0.29, 0.717) is 0 Å². The summed E-state index contributed by atoms with van der Waals surface area (Å²) in [7, 11) is 1.58. The number of aliphatic carboxylic acids is 1. The largest absolute Gasteiger partial charge is 0.481 e. The standard InChI is InChI=1S/C16H20N4O3/c1-12(18-16(23)19(2)8-6-15(21)22)13-4-3-5-14(10-13)20-9-7-17-11-20/h3-5,7,9-12H,6,8H2,1-2H3,(H,18,23)(H,21,22). The number of nitrogens with one attached hydrogen (secondary N) is 1. The summed E-state index contributed by atoms with van der Waals surface area (Å²) in [6.45, 7) is 2.05. The van der Waals surface area contributed by atoms with Gasteiger partial charge in [-0.15, -0.1) is 0 Å². The quantitative estimate of drug-likeness (QED) is 0.854. The van der Waals surface area contributed by atoms with Crippen LogP contribution in [-0.2, 0) is 4.79 Å². The number of imidazole rings is 1. The summed E-state index contributed by atoms with van der Waals surface area (Å²) in [6, 6.07) is 7.29. The first kappa shape index (κ1) is 16.5. The van der Waals surface area contributed by atoms with Crippen LogP contribution in [0.5, 0.6) is 0 Å². The average molecular weight is 316 g/mol. The predicted octanol–water partition coefficient (Wildman–Crippen LogP) is 2.05. The molecule has 0 radical (unpaired) electrons. The van der Waals surface area contributed by atoms with Crippen molar-refractivity contribution in [2.24, 2.45) is 0 Å². The second kappa shape index (κ2) is 7.44. The molecule has 2 N–H and O–H groups in total. The van der Waals surface area contributed by atoms with E-state index in [4.69, 9.17) is 5.11 Å². The van der Waals surface area contributed by atoms with Crippen molar-refractivity contribution in [1.29, 1.82) is 0 Å². The number of aromatic nitrogens is 2. The monoisotopic (exact) mass is 316 g/mol. The van der Waals surface area contributed by atoms with Crippen molar-refractivity contribution in [2.45, 2.75) is 19.4 Å². The Labute approximate surface area is 134 Å². The highest BCUT2D eigenvalue weighted by molar-refractivity contribution is 5.75. The van der Waals surface area contributed by atoms with E-state index in [1.807, 2.05) is 42.0 Å². The lowest BCUT2D eigenvalue weighted by atomic mass is 10.1. The van der Waals surface area contributed by atoms with Crippen LogP contribution in [0.25, 0.3) is 5.69 Å². The van der Waals surface area contributed by atoms with Crippen LogP contribution in [0, 0.1) is 0 Å². The van der Waals surface area contributed by atoms with E-state index in [9.17, 15) is 9.59 Å². The third-order valence-electron chi connectivity index (χ3n) is 3.52. The number of carbonyl (C=O) groups is 2. The Kier molecular flexibility index (Phi) is 5.35. The highest BCUT2D eigenvalue weighted by atomic mass is 16.4. The van der Waals surface area contributed by atoms with Gasteiger partial charge in [-0.3, -0.25) is 4.79 Å². The normalized spacial score (nSPS) is 11.7. The van der Waals surface area contributed by atoms with Gasteiger partial charge in [0.05, 0.1) is 18.8 Å². The maximum Gasteiger partial charge on any atom is 0.317 e. The fourth-order valence-corrected chi connectivity index (χ4v) is 2.11. The van der Waals surface area contributed by atoms with Gasteiger partial charge in [0.25, 0.3) is 0 Å². The number of benzene rings is 1. The summed E-state index contributed by atoms with van der Waals surface area (Å²) < 4.78 is 1.89. The first-order valence-electron chi connectivity index (χ1n) is 7.29. The summed E-state index contributed by atoms with van der Waals surface area (Å²) in [5, 5.41) is 11.5. The summed E-state index contributed by atoms with van der Waals surface area (Å²) in [6.07, 6.45) is 5.19. The molecular formula is C16H20N4O3. The molecule has 1 atom stereocenters. The lowest BCUT2D eigenvalue weighted by Crippen LogP contribution is -2.39. The zero-order valence-corrected chi connectivity index (χ0v) is 13.1. The van der Waals surface area contributed by atoms with Gasteiger partial charge in [0, 0.05) is 31.7 Å². The van der Waals surface area contributed by atoms with Crippen LogP contribution in [0.3, 0.4) is 0 Å². The number of nitrogens with zero attached hydrogens (tertiary/aromatic N) is 3. The van der Waals surface area contributed by atoms with E-state index in [2.05, 4.69) is 10.3 Å². The summed E-state index contributed by atoms with van der Waals surface area (Å²) in [5.41, 5.74) is 1.91. The Morgan fingerprint density at radius 2 is 2.22 bits per heavy atom. The zero-order valence-electron chi connectivity index (χ0n) is 13.1. The molecule has 7 heteroatoms. The number of amides is 2. The molecule has 2 amide bonds. The van der Waals surface area contributed by atoms with Crippen LogP contribution < -0.4 is 5.32 Å². The van der Waals surface area contributed by atoms with Gasteiger partial charge in [-0.05, 0) is 24.6 Å². The molecule has 0 spiro atoms. The van der Waals surface area contributed by atoms with Crippen LogP contribution in [-0.4, -0.2) is 45.2 Å². The number of rotatable bonds is 6. The molecule has 0 aliphatic heterocycles. The number of hydrogen-bond acceptors (Lipinski definition) is 3. The highest BCUT2D eigenvalue weighted by Crippen LogP contribution is 2.17. The van der Waals surface area contributed by atoms with Gasteiger partial charge in [0.1, 0.15) is 0 Å². The molecule has 0 saturated heterocycles. The van der Waals surface area contributed by atoms with Gasteiger partial charge in [-0.25, -0.2) is 9.78 Å². The molecule has 0 bridgehead atoms. The third kappa shape index (κ3) is 4.57. The van der Waals surface area contributed by atoms with Gasteiger partial charge in [0.15, 0.2) is 0 Å². The van der Waals surface area contributed by atoms with Gasteiger partial charge in [0.2, 0.25) is 0 Å². The Balaban J connectivity index is 2.00. The van der Waals surface area contributed by atoms with Crippen LogP contribution in [0.4, 0.5) is 4.79 Å². The molecule has 0 fully saturated rings. The third-order valence-corrected chi connectivity index (χ3v) is 3.52. The van der Waals surface area contributed by atoms with Crippen molar-refractivity contribution in [1.82, 2.24) is 19.8 Å². The second-order valence-corrected chi connectivity index (χ2v) is 5.30. The van der Waals surface area contributed by atoms with Crippen molar-refractivity contribution < 1.29 is 14.7 Å². The SMILES string of the molecule is CC(NC(=O)N(C)CCC(=O)O)c1cccc(-n2ccnc2)c1. The molecule has 1 heterocycles. The average Bonchev–Trinajstić information content (AvgIpc) is 3.07. The summed E-state index contributed by atoms with van der Waals surface area (Å²) >= 11 is 0. The molecule has 2 aromatic rings. The number of hydrogen-bond donors (Lipinski definition) is 2. The predicted molar refractivity (Wildman–Crippen MR) is 85.4 cm³/mol.